The first kappa shape index (κ1) is 19.1. The SMILES string of the molecule is IC[C@@H]1O[C@H](c2ccccc2)O[C@H]2[C@H]1O[C@H](c1ccccc1)O[C@@H]2CI. The summed E-state index contributed by atoms with van der Waals surface area (Å²) in [5.74, 6) is 0. The largest absolute Gasteiger partial charge is 0.341 e. The maximum atomic E-state index is 6.32. The van der Waals surface area contributed by atoms with Crippen molar-refractivity contribution >= 4 is 45.2 Å². The maximum absolute atomic E-state index is 6.32. The fourth-order valence-corrected chi connectivity index (χ4v) is 4.78. The van der Waals surface area contributed by atoms with E-state index in [9.17, 15) is 0 Å². The van der Waals surface area contributed by atoms with Gasteiger partial charge < -0.3 is 18.9 Å². The summed E-state index contributed by atoms with van der Waals surface area (Å²) in [5, 5.41) is 0. The minimum Gasteiger partial charge on any atom is -0.341 e. The van der Waals surface area contributed by atoms with E-state index in [0.717, 1.165) is 20.0 Å². The van der Waals surface area contributed by atoms with Gasteiger partial charge in [-0.3, -0.25) is 0 Å². The number of alkyl halides is 2. The highest BCUT2D eigenvalue weighted by molar-refractivity contribution is 14.1. The minimum absolute atomic E-state index is 0.0416. The maximum Gasteiger partial charge on any atom is 0.184 e. The quantitative estimate of drug-likeness (QED) is 0.386. The zero-order valence-electron chi connectivity index (χ0n) is 14.0. The zero-order valence-corrected chi connectivity index (χ0v) is 18.4. The number of hydrogen-bond donors (Lipinski definition) is 0. The molecule has 0 spiro atoms. The molecule has 138 valence electrons. The van der Waals surface area contributed by atoms with Gasteiger partial charge in [0.05, 0.1) is 12.2 Å². The van der Waals surface area contributed by atoms with Crippen molar-refractivity contribution in [2.75, 3.05) is 8.86 Å². The summed E-state index contributed by atoms with van der Waals surface area (Å²) >= 11 is 4.73. The van der Waals surface area contributed by atoms with Crippen molar-refractivity contribution in [2.45, 2.75) is 37.0 Å². The fraction of sp³-hybridized carbons (Fsp3) is 0.400. The smallest absolute Gasteiger partial charge is 0.184 e. The monoisotopic (exact) mass is 578 g/mol. The third kappa shape index (κ3) is 3.95. The summed E-state index contributed by atoms with van der Waals surface area (Å²) < 4.78 is 26.8. The standard InChI is InChI=1S/C20H20I2O4/c21-11-15-18-17(25-19(23-15)13-7-3-1-4-8-13)16(12-22)24-20(26-18)14-9-5-2-6-10-14/h1-10,15-20H,11-12H2/t15-,16+,17+,18-,19-,20+. The average molecular weight is 578 g/mol. The Hall–Kier alpha value is -0.260. The van der Waals surface area contributed by atoms with Crippen LogP contribution in [0.25, 0.3) is 0 Å². The van der Waals surface area contributed by atoms with Crippen LogP contribution in [0.3, 0.4) is 0 Å². The molecule has 6 heteroatoms. The molecule has 0 unspecified atom stereocenters. The number of ether oxygens (including phenoxy) is 4. The van der Waals surface area contributed by atoms with E-state index < -0.39 is 0 Å². The number of benzene rings is 2. The van der Waals surface area contributed by atoms with Gasteiger partial charge in [-0.2, -0.15) is 0 Å². The van der Waals surface area contributed by atoms with Crippen LogP contribution in [0.15, 0.2) is 60.7 Å². The lowest BCUT2D eigenvalue weighted by Gasteiger charge is -2.48. The zero-order chi connectivity index (χ0) is 17.9. The number of rotatable bonds is 4. The molecule has 0 bridgehead atoms. The lowest BCUT2D eigenvalue weighted by Crippen LogP contribution is -2.59. The van der Waals surface area contributed by atoms with E-state index >= 15 is 0 Å². The summed E-state index contributed by atoms with van der Waals surface area (Å²) in [6, 6.07) is 20.1. The van der Waals surface area contributed by atoms with Crippen LogP contribution in [0.4, 0.5) is 0 Å². The van der Waals surface area contributed by atoms with Gasteiger partial charge in [0.15, 0.2) is 12.6 Å². The Labute approximate surface area is 180 Å². The van der Waals surface area contributed by atoms with Crippen molar-refractivity contribution in [1.82, 2.24) is 0 Å². The third-order valence-electron chi connectivity index (χ3n) is 4.66. The molecule has 2 aliphatic heterocycles. The van der Waals surface area contributed by atoms with Crippen molar-refractivity contribution in [2.24, 2.45) is 0 Å². The molecule has 4 rings (SSSR count). The molecule has 0 aromatic heterocycles. The molecule has 2 aliphatic rings. The first-order chi connectivity index (χ1) is 12.8. The highest BCUT2D eigenvalue weighted by atomic mass is 127. The number of halogens is 2. The van der Waals surface area contributed by atoms with Gasteiger partial charge in [0.2, 0.25) is 0 Å². The van der Waals surface area contributed by atoms with E-state index in [1.54, 1.807) is 0 Å². The van der Waals surface area contributed by atoms with E-state index in [-0.39, 0.29) is 37.0 Å². The Balaban J connectivity index is 1.59. The molecule has 0 amide bonds. The van der Waals surface area contributed by atoms with Gasteiger partial charge in [-0.05, 0) is 0 Å². The summed E-state index contributed by atoms with van der Waals surface area (Å²) in [5.41, 5.74) is 2.05. The van der Waals surface area contributed by atoms with Gasteiger partial charge in [0, 0.05) is 20.0 Å². The van der Waals surface area contributed by atoms with Gasteiger partial charge in [0.25, 0.3) is 0 Å². The van der Waals surface area contributed by atoms with Gasteiger partial charge in [0.1, 0.15) is 12.2 Å². The molecule has 0 saturated carbocycles. The first-order valence-corrected chi connectivity index (χ1v) is 11.7. The Kier molecular flexibility index (Phi) is 6.48. The summed E-state index contributed by atoms with van der Waals surface area (Å²) in [6.07, 6.45) is -1.15. The van der Waals surface area contributed by atoms with Crippen LogP contribution in [-0.2, 0) is 18.9 Å². The van der Waals surface area contributed by atoms with Crippen molar-refractivity contribution in [3.8, 4) is 0 Å². The molecule has 0 aliphatic carbocycles. The number of hydrogen-bond acceptors (Lipinski definition) is 4. The molecule has 26 heavy (non-hydrogen) atoms. The van der Waals surface area contributed by atoms with Crippen LogP contribution in [-0.4, -0.2) is 33.3 Å². The van der Waals surface area contributed by atoms with E-state index in [1.165, 1.54) is 0 Å². The molecule has 0 N–H and O–H groups in total. The molecule has 6 atom stereocenters. The summed E-state index contributed by atoms with van der Waals surface area (Å²) in [7, 11) is 0. The van der Waals surface area contributed by atoms with E-state index in [1.807, 2.05) is 60.7 Å². The minimum atomic E-state index is -0.386. The molecule has 2 heterocycles. The van der Waals surface area contributed by atoms with Crippen LogP contribution in [0.5, 0.6) is 0 Å². The molecule has 2 aromatic carbocycles. The first-order valence-electron chi connectivity index (χ1n) is 8.64. The Morgan fingerprint density at radius 1 is 0.577 bits per heavy atom. The predicted octanol–water partition coefficient (Wildman–Crippen LogP) is 4.82. The third-order valence-corrected chi connectivity index (χ3v) is 6.40. The van der Waals surface area contributed by atoms with Crippen LogP contribution in [0, 0.1) is 0 Å². The lowest BCUT2D eigenvalue weighted by atomic mass is 10.00. The normalized spacial score (nSPS) is 34.2. The Bertz CT molecular complexity index is 638. The Morgan fingerprint density at radius 3 is 1.31 bits per heavy atom. The topological polar surface area (TPSA) is 36.9 Å². The fourth-order valence-electron chi connectivity index (χ4n) is 3.36. The highest BCUT2D eigenvalue weighted by Gasteiger charge is 2.49. The van der Waals surface area contributed by atoms with Crippen LogP contribution in [0.1, 0.15) is 23.7 Å². The van der Waals surface area contributed by atoms with Crippen molar-refractivity contribution in [3.63, 3.8) is 0 Å². The average Bonchev–Trinajstić information content (AvgIpc) is 2.73. The number of fused-ring (bicyclic) bond motifs is 1. The van der Waals surface area contributed by atoms with E-state index in [4.69, 9.17) is 18.9 Å². The Morgan fingerprint density at radius 2 is 0.962 bits per heavy atom. The summed E-state index contributed by atoms with van der Waals surface area (Å²) in [4.78, 5) is 0. The second-order valence-corrected chi connectivity index (χ2v) is 8.11. The predicted molar refractivity (Wildman–Crippen MR) is 116 cm³/mol. The van der Waals surface area contributed by atoms with Crippen LogP contribution in [0.2, 0.25) is 0 Å². The summed E-state index contributed by atoms with van der Waals surface area (Å²) in [6.45, 7) is 0. The van der Waals surface area contributed by atoms with Gasteiger partial charge in [-0.25, -0.2) is 0 Å². The second-order valence-electron chi connectivity index (χ2n) is 6.34. The van der Waals surface area contributed by atoms with Crippen molar-refractivity contribution < 1.29 is 18.9 Å². The van der Waals surface area contributed by atoms with Crippen molar-refractivity contribution in [1.29, 1.82) is 0 Å². The van der Waals surface area contributed by atoms with Gasteiger partial charge in [-0.1, -0.05) is 106 Å². The van der Waals surface area contributed by atoms with Gasteiger partial charge in [-0.15, -0.1) is 0 Å². The lowest BCUT2D eigenvalue weighted by molar-refractivity contribution is -0.375. The molecular weight excluding hydrogens is 558 g/mol. The molecule has 0 radical (unpaired) electrons. The molecule has 2 saturated heterocycles. The van der Waals surface area contributed by atoms with Gasteiger partial charge >= 0.3 is 0 Å². The van der Waals surface area contributed by atoms with E-state index in [0.29, 0.717) is 0 Å². The van der Waals surface area contributed by atoms with E-state index in [2.05, 4.69) is 45.2 Å². The highest BCUT2D eigenvalue weighted by Crippen LogP contribution is 2.41. The molecular formula is C20H20I2O4. The molecule has 2 aromatic rings. The molecule has 2 fully saturated rings. The molecule has 4 nitrogen and oxygen atoms in total. The van der Waals surface area contributed by atoms with Crippen LogP contribution >= 0.6 is 45.2 Å². The van der Waals surface area contributed by atoms with Crippen molar-refractivity contribution in [3.05, 3.63) is 71.8 Å². The van der Waals surface area contributed by atoms with Crippen LogP contribution < -0.4 is 0 Å². The second kappa shape index (κ2) is 8.83.